The summed E-state index contributed by atoms with van der Waals surface area (Å²) >= 11 is 6.30. The van der Waals surface area contributed by atoms with Crippen LogP contribution >= 0.6 is 11.6 Å². The van der Waals surface area contributed by atoms with Crippen LogP contribution in [0.25, 0.3) is 17.7 Å². The Labute approximate surface area is 182 Å². The third-order valence-electron chi connectivity index (χ3n) is 5.95. The highest BCUT2D eigenvalue weighted by Gasteiger charge is 2.23. The number of rotatable bonds is 2. The molecule has 1 aliphatic carbocycles. The molecule has 0 radical (unpaired) electrons. The Kier molecular flexibility index (Phi) is 5.24. The van der Waals surface area contributed by atoms with E-state index >= 15 is 0 Å². The second-order valence-corrected chi connectivity index (χ2v) is 8.57. The van der Waals surface area contributed by atoms with Gasteiger partial charge in [0.1, 0.15) is 0 Å². The summed E-state index contributed by atoms with van der Waals surface area (Å²) in [6.07, 6.45) is 12.2. The average molecular weight is 414 g/mol. The highest BCUT2D eigenvalue weighted by molar-refractivity contribution is 6.30. The third kappa shape index (κ3) is 3.83. The first-order chi connectivity index (χ1) is 14.7. The lowest BCUT2D eigenvalue weighted by molar-refractivity contribution is 0.248. The van der Waals surface area contributed by atoms with Gasteiger partial charge in [-0.3, -0.25) is 14.9 Å². The van der Waals surface area contributed by atoms with E-state index < -0.39 is 0 Å². The third-order valence-corrected chi connectivity index (χ3v) is 6.19. The van der Waals surface area contributed by atoms with Gasteiger partial charge in [-0.05, 0) is 60.2 Å². The lowest BCUT2D eigenvalue weighted by Crippen LogP contribution is -2.30. The summed E-state index contributed by atoms with van der Waals surface area (Å²) in [6, 6.07) is 12.6. The van der Waals surface area contributed by atoms with Crippen molar-refractivity contribution in [2.24, 2.45) is 0 Å². The van der Waals surface area contributed by atoms with E-state index in [0.29, 0.717) is 0 Å². The van der Waals surface area contributed by atoms with Gasteiger partial charge in [0.25, 0.3) is 0 Å². The predicted octanol–water partition coefficient (Wildman–Crippen LogP) is 6.02. The standard InChI is InChI=1S/C26H24ClN3/c1-18-13-19(16-28-15-18)17-30-11-8-20(9-12-30)25-24-7-6-23(27)14-22(24)5-4-21-3-2-10-29-26(21)25/h2-7,10,13-16H,8-9,11-12,17H2,1H3. The zero-order valence-corrected chi connectivity index (χ0v) is 17.9. The van der Waals surface area contributed by atoms with Crippen molar-refractivity contribution in [2.45, 2.75) is 26.3 Å². The van der Waals surface area contributed by atoms with Crippen LogP contribution in [0.1, 0.15) is 46.4 Å². The molecule has 0 atom stereocenters. The van der Waals surface area contributed by atoms with Gasteiger partial charge in [0.2, 0.25) is 0 Å². The molecule has 5 rings (SSSR count). The van der Waals surface area contributed by atoms with Gasteiger partial charge in [-0.1, -0.05) is 47.5 Å². The van der Waals surface area contributed by atoms with Gasteiger partial charge < -0.3 is 0 Å². The summed E-state index contributed by atoms with van der Waals surface area (Å²) in [5.74, 6) is 0. The molecular weight excluding hydrogens is 390 g/mol. The van der Waals surface area contributed by atoms with Gasteiger partial charge in [-0.25, -0.2) is 0 Å². The predicted molar refractivity (Wildman–Crippen MR) is 124 cm³/mol. The maximum absolute atomic E-state index is 6.30. The van der Waals surface area contributed by atoms with Crippen LogP contribution in [0.4, 0.5) is 0 Å². The van der Waals surface area contributed by atoms with E-state index in [1.54, 1.807) is 0 Å². The molecule has 1 saturated heterocycles. The van der Waals surface area contributed by atoms with Crippen LogP contribution in [0.3, 0.4) is 0 Å². The average Bonchev–Trinajstić information content (AvgIpc) is 2.91. The van der Waals surface area contributed by atoms with Crippen LogP contribution in [0, 0.1) is 6.92 Å². The van der Waals surface area contributed by atoms with Crippen molar-refractivity contribution in [2.75, 3.05) is 13.1 Å². The molecule has 1 aliphatic heterocycles. The lowest BCUT2D eigenvalue weighted by atomic mass is 9.88. The molecule has 0 amide bonds. The summed E-state index contributed by atoms with van der Waals surface area (Å²) in [7, 11) is 0. The van der Waals surface area contributed by atoms with E-state index in [4.69, 9.17) is 16.6 Å². The van der Waals surface area contributed by atoms with Crippen LogP contribution in [-0.2, 0) is 6.54 Å². The van der Waals surface area contributed by atoms with Crippen molar-refractivity contribution in [3.05, 3.63) is 99.1 Å². The van der Waals surface area contributed by atoms with Gasteiger partial charge in [0.05, 0.1) is 5.69 Å². The van der Waals surface area contributed by atoms with Crippen molar-refractivity contribution in [1.82, 2.24) is 14.9 Å². The second kappa shape index (κ2) is 8.17. The van der Waals surface area contributed by atoms with Crippen LogP contribution in [-0.4, -0.2) is 28.0 Å². The molecule has 4 heteroatoms. The minimum Gasteiger partial charge on any atom is -0.298 e. The number of benzene rings is 1. The topological polar surface area (TPSA) is 29.0 Å². The van der Waals surface area contributed by atoms with Crippen molar-refractivity contribution < 1.29 is 0 Å². The minimum absolute atomic E-state index is 0.767. The highest BCUT2D eigenvalue weighted by Crippen LogP contribution is 2.38. The van der Waals surface area contributed by atoms with E-state index in [9.17, 15) is 0 Å². The van der Waals surface area contributed by atoms with E-state index in [0.717, 1.165) is 48.8 Å². The number of halogens is 1. The summed E-state index contributed by atoms with van der Waals surface area (Å²) in [5.41, 5.74) is 9.94. The molecule has 0 unspecified atom stereocenters. The van der Waals surface area contributed by atoms with Crippen molar-refractivity contribution in [1.29, 1.82) is 0 Å². The molecule has 3 aromatic rings. The maximum Gasteiger partial charge on any atom is 0.0780 e. The van der Waals surface area contributed by atoms with Gasteiger partial charge in [-0.15, -0.1) is 0 Å². The van der Waals surface area contributed by atoms with Gasteiger partial charge in [-0.2, -0.15) is 0 Å². The number of aryl methyl sites for hydroxylation is 1. The number of fused-ring (bicyclic) bond motifs is 2. The Morgan fingerprint density at radius 1 is 1.00 bits per heavy atom. The number of hydrogen-bond donors (Lipinski definition) is 0. The van der Waals surface area contributed by atoms with Gasteiger partial charge in [0, 0.05) is 54.4 Å². The Hall–Kier alpha value is -2.75. The lowest BCUT2D eigenvalue weighted by Gasteiger charge is -2.30. The number of aromatic nitrogens is 2. The number of pyridine rings is 2. The second-order valence-electron chi connectivity index (χ2n) is 8.13. The molecule has 3 heterocycles. The fraction of sp³-hybridized carbons (Fsp3) is 0.231. The first kappa shape index (κ1) is 19.2. The molecule has 1 fully saturated rings. The summed E-state index contributed by atoms with van der Waals surface area (Å²) in [5, 5.41) is 0.767. The first-order valence-electron chi connectivity index (χ1n) is 10.5. The fourth-order valence-corrected chi connectivity index (χ4v) is 4.70. The largest absolute Gasteiger partial charge is 0.298 e. The first-order valence-corrected chi connectivity index (χ1v) is 10.8. The zero-order valence-electron chi connectivity index (χ0n) is 17.1. The number of piperidine rings is 1. The van der Waals surface area contributed by atoms with Crippen LogP contribution < -0.4 is 0 Å². The number of likely N-dealkylation sites (tertiary alicyclic amines) is 1. The zero-order chi connectivity index (χ0) is 20.5. The van der Waals surface area contributed by atoms with Gasteiger partial charge >= 0.3 is 0 Å². The van der Waals surface area contributed by atoms with Crippen molar-refractivity contribution >= 4 is 29.3 Å². The highest BCUT2D eigenvalue weighted by atomic mass is 35.5. The number of nitrogens with zero attached hydrogens (tertiary/aromatic N) is 3. The smallest absolute Gasteiger partial charge is 0.0780 e. The van der Waals surface area contributed by atoms with E-state index in [2.05, 4.69) is 53.2 Å². The molecule has 1 aromatic carbocycles. The molecule has 2 aromatic heterocycles. The van der Waals surface area contributed by atoms with Crippen LogP contribution in [0.2, 0.25) is 5.02 Å². The molecule has 2 aliphatic rings. The van der Waals surface area contributed by atoms with Gasteiger partial charge in [0.15, 0.2) is 0 Å². The van der Waals surface area contributed by atoms with E-state index in [1.807, 2.05) is 30.7 Å². The molecule has 0 N–H and O–H groups in total. The van der Waals surface area contributed by atoms with Crippen molar-refractivity contribution in [3.63, 3.8) is 0 Å². The molecular formula is C26H24ClN3. The van der Waals surface area contributed by atoms with Crippen LogP contribution in [0.15, 0.2) is 60.6 Å². The monoisotopic (exact) mass is 413 g/mol. The Bertz CT molecular complexity index is 1150. The summed E-state index contributed by atoms with van der Waals surface area (Å²) < 4.78 is 0. The molecule has 0 spiro atoms. The molecule has 0 saturated carbocycles. The van der Waals surface area contributed by atoms with Crippen molar-refractivity contribution in [3.8, 4) is 0 Å². The summed E-state index contributed by atoms with van der Waals surface area (Å²) in [4.78, 5) is 11.7. The Morgan fingerprint density at radius 3 is 2.67 bits per heavy atom. The summed E-state index contributed by atoms with van der Waals surface area (Å²) in [6.45, 7) is 5.15. The molecule has 0 bridgehead atoms. The maximum atomic E-state index is 6.30. The fourth-order valence-electron chi connectivity index (χ4n) is 4.52. The quantitative estimate of drug-likeness (QED) is 0.402. The molecule has 3 nitrogen and oxygen atoms in total. The molecule has 30 heavy (non-hydrogen) atoms. The SMILES string of the molecule is Cc1cncc(CN2CCC(=C3c4ccc(Cl)cc4C=Cc4cccnc43)CC2)c1. The Morgan fingerprint density at radius 2 is 1.83 bits per heavy atom. The molecule has 150 valence electrons. The minimum atomic E-state index is 0.767. The Balaban J connectivity index is 1.48. The normalized spacial score (nSPS) is 16.2. The van der Waals surface area contributed by atoms with E-state index in [1.165, 1.54) is 33.4 Å². The number of hydrogen-bond acceptors (Lipinski definition) is 3. The van der Waals surface area contributed by atoms with Crippen LogP contribution in [0.5, 0.6) is 0 Å². The van der Waals surface area contributed by atoms with E-state index in [-0.39, 0.29) is 0 Å².